The van der Waals surface area contributed by atoms with E-state index in [2.05, 4.69) is 0 Å². The summed E-state index contributed by atoms with van der Waals surface area (Å²) in [4.78, 5) is 40.3. The van der Waals surface area contributed by atoms with Gasteiger partial charge in [0, 0.05) is 13.1 Å². The predicted molar refractivity (Wildman–Crippen MR) is 112 cm³/mol. The molecule has 156 valence electrons. The molecule has 0 bridgehead atoms. The molecule has 2 aliphatic rings. The lowest BCUT2D eigenvalue weighted by Crippen LogP contribution is -2.40. The highest BCUT2D eigenvalue weighted by Crippen LogP contribution is 2.34. The Morgan fingerprint density at radius 3 is 2.59 bits per heavy atom. The third-order valence-corrected chi connectivity index (χ3v) is 5.56. The highest BCUT2D eigenvalue weighted by atomic mass is 32.2. The summed E-state index contributed by atoms with van der Waals surface area (Å²) >= 11 is 0.854. The number of carbonyl (C=O) groups is 3. The first-order chi connectivity index (χ1) is 14.0. The number of amides is 3. The summed E-state index contributed by atoms with van der Waals surface area (Å²) in [5.74, 6) is 0.632. The zero-order chi connectivity index (χ0) is 20.8. The molecule has 3 amide bonds. The third kappa shape index (κ3) is 5.12. The van der Waals surface area contributed by atoms with Crippen molar-refractivity contribution in [3.63, 3.8) is 0 Å². The summed E-state index contributed by atoms with van der Waals surface area (Å²) in [6, 6.07) is 5.41. The molecule has 0 aliphatic carbocycles. The van der Waals surface area contributed by atoms with Crippen LogP contribution >= 0.6 is 11.8 Å². The van der Waals surface area contributed by atoms with Gasteiger partial charge in [0.05, 0.1) is 18.1 Å². The number of hydrogen-bond acceptors (Lipinski definition) is 6. The van der Waals surface area contributed by atoms with Crippen LogP contribution in [0.3, 0.4) is 0 Å². The Labute approximate surface area is 175 Å². The molecule has 0 radical (unpaired) electrons. The van der Waals surface area contributed by atoms with Gasteiger partial charge in [-0.2, -0.15) is 0 Å². The van der Waals surface area contributed by atoms with Gasteiger partial charge in [0.25, 0.3) is 11.1 Å². The van der Waals surface area contributed by atoms with Crippen LogP contribution in [0.1, 0.15) is 38.7 Å². The molecule has 1 aromatic carbocycles. The number of benzene rings is 1. The predicted octanol–water partition coefficient (Wildman–Crippen LogP) is 3.53. The van der Waals surface area contributed by atoms with E-state index in [1.54, 1.807) is 23.1 Å². The lowest BCUT2D eigenvalue weighted by Gasteiger charge is -2.18. The molecule has 0 aromatic heterocycles. The van der Waals surface area contributed by atoms with Crippen LogP contribution in [0.5, 0.6) is 11.5 Å². The fourth-order valence-electron chi connectivity index (χ4n) is 3.20. The standard InChI is InChI=1S/C21H26N2O5S/c1-3-11-28-16-8-7-15(12-17(16)27-4-2)13-18-20(25)23(21(26)29-18)14-19(24)22-9-5-6-10-22/h7-8,12-13H,3-6,9-11,14H2,1-2H3/b18-13-. The molecule has 0 spiro atoms. The average molecular weight is 419 g/mol. The first kappa shape index (κ1) is 21.2. The molecule has 7 nitrogen and oxygen atoms in total. The molecule has 3 rings (SSSR count). The van der Waals surface area contributed by atoms with Crippen LogP contribution in [0.15, 0.2) is 23.1 Å². The van der Waals surface area contributed by atoms with Crippen LogP contribution in [-0.4, -0.2) is 59.7 Å². The molecule has 2 fully saturated rings. The molecule has 2 saturated heterocycles. The van der Waals surface area contributed by atoms with Crippen LogP contribution in [0.4, 0.5) is 4.79 Å². The van der Waals surface area contributed by atoms with Crippen LogP contribution in [0.25, 0.3) is 6.08 Å². The van der Waals surface area contributed by atoms with Crippen molar-refractivity contribution in [3.05, 3.63) is 28.7 Å². The fourth-order valence-corrected chi connectivity index (χ4v) is 4.04. The second-order valence-electron chi connectivity index (χ2n) is 6.84. The van der Waals surface area contributed by atoms with E-state index < -0.39 is 11.1 Å². The molecule has 2 heterocycles. The number of hydrogen-bond donors (Lipinski definition) is 0. The monoisotopic (exact) mass is 418 g/mol. The molecule has 0 atom stereocenters. The highest BCUT2D eigenvalue weighted by molar-refractivity contribution is 8.18. The molecular formula is C21H26N2O5S. The van der Waals surface area contributed by atoms with E-state index in [1.165, 1.54) is 0 Å². The van der Waals surface area contributed by atoms with Gasteiger partial charge in [-0.15, -0.1) is 0 Å². The maximum Gasteiger partial charge on any atom is 0.294 e. The molecule has 1 aromatic rings. The van der Waals surface area contributed by atoms with E-state index in [0.717, 1.165) is 41.5 Å². The average Bonchev–Trinajstić information content (AvgIpc) is 3.33. The van der Waals surface area contributed by atoms with E-state index in [1.807, 2.05) is 19.9 Å². The summed E-state index contributed by atoms with van der Waals surface area (Å²) in [7, 11) is 0. The van der Waals surface area contributed by atoms with Gasteiger partial charge in [-0.25, -0.2) is 0 Å². The Morgan fingerprint density at radius 1 is 1.14 bits per heavy atom. The summed E-state index contributed by atoms with van der Waals surface area (Å²) in [5, 5.41) is -0.415. The maximum absolute atomic E-state index is 12.7. The van der Waals surface area contributed by atoms with Gasteiger partial charge >= 0.3 is 0 Å². The zero-order valence-corrected chi connectivity index (χ0v) is 17.6. The topological polar surface area (TPSA) is 76.2 Å². The Hall–Kier alpha value is -2.48. The first-order valence-corrected chi connectivity index (χ1v) is 10.8. The molecule has 0 unspecified atom stereocenters. The minimum atomic E-state index is -0.434. The van der Waals surface area contributed by atoms with Crippen molar-refractivity contribution in [2.24, 2.45) is 0 Å². The lowest BCUT2D eigenvalue weighted by atomic mass is 10.2. The molecule has 0 saturated carbocycles. The number of thioether (sulfide) groups is 1. The highest BCUT2D eigenvalue weighted by Gasteiger charge is 2.37. The second-order valence-corrected chi connectivity index (χ2v) is 7.84. The lowest BCUT2D eigenvalue weighted by molar-refractivity contribution is -0.135. The number of nitrogens with zero attached hydrogens (tertiary/aromatic N) is 2. The Morgan fingerprint density at radius 2 is 1.90 bits per heavy atom. The van der Waals surface area contributed by atoms with Crippen molar-refractivity contribution in [2.45, 2.75) is 33.1 Å². The smallest absolute Gasteiger partial charge is 0.294 e. The summed E-state index contributed by atoms with van der Waals surface area (Å²) in [6.07, 6.45) is 4.47. The minimum absolute atomic E-state index is 0.179. The van der Waals surface area contributed by atoms with Gasteiger partial charge in [0.2, 0.25) is 5.91 Å². The maximum atomic E-state index is 12.7. The van der Waals surface area contributed by atoms with Gasteiger partial charge < -0.3 is 14.4 Å². The van der Waals surface area contributed by atoms with Crippen molar-refractivity contribution in [3.8, 4) is 11.5 Å². The van der Waals surface area contributed by atoms with E-state index in [4.69, 9.17) is 9.47 Å². The largest absolute Gasteiger partial charge is 0.490 e. The molecule has 8 heteroatoms. The van der Waals surface area contributed by atoms with Crippen molar-refractivity contribution in [2.75, 3.05) is 32.8 Å². The van der Waals surface area contributed by atoms with Crippen molar-refractivity contribution in [1.29, 1.82) is 0 Å². The molecule has 29 heavy (non-hydrogen) atoms. The number of ether oxygens (including phenoxy) is 2. The number of carbonyl (C=O) groups excluding carboxylic acids is 3. The van der Waals surface area contributed by atoms with Gasteiger partial charge in [0.1, 0.15) is 6.54 Å². The van der Waals surface area contributed by atoms with Gasteiger partial charge in [-0.1, -0.05) is 13.0 Å². The number of imide groups is 1. The Bertz CT molecular complexity index is 817. The number of likely N-dealkylation sites (tertiary alicyclic amines) is 1. The van der Waals surface area contributed by atoms with E-state index in [0.29, 0.717) is 42.7 Å². The SMILES string of the molecule is CCCOc1ccc(/C=C2\SC(=O)N(CC(=O)N3CCCC3)C2=O)cc1OCC. The third-order valence-electron chi connectivity index (χ3n) is 4.65. The van der Waals surface area contributed by atoms with E-state index in [9.17, 15) is 14.4 Å². The zero-order valence-electron chi connectivity index (χ0n) is 16.8. The van der Waals surface area contributed by atoms with Gasteiger partial charge in [-0.05, 0) is 61.7 Å². The van der Waals surface area contributed by atoms with Crippen LogP contribution < -0.4 is 9.47 Å². The van der Waals surface area contributed by atoms with E-state index in [-0.39, 0.29) is 12.5 Å². The molecular weight excluding hydrogens is 392 g/mol. The van der Waals surface area contributed by atoms with Crippen LogP contribution in [-0.2, 0) is 9.59 Å². The molecule has 2 aliphatic heterocycles. The summed E-state index contributed by atoms with van der Waals surface area (Å²) < 4.78 is 11.3. The molecule has 0 N–H and O–H groups in total. The summed E-state index contributed by atoms with van der Waals surface area (Å²) in [5.41, 5.74) is 0.730. The normalized spacial score (nSPS) is 18.1. The van der Waals surface area contributed by atoms with Crippen LogP contribution in [0, 0.1) is 0 Å². The van der Waals surface area contributed by atoms with Crippen molar-refractivity contribution < 1.29 is 23.9 Å². The van der Waals surface area contributed by atoms with Crippen LogP contribution in [0.2, 0.25) is 0 Å². The number of rotatable bonds is 8. The fraction of sp³-hybridized carbons (Fsp3) is 0.476. The van der Waals surface area contributed by atoms with Gasteiger partial charge in [-0.3, -0.25) is 19.3 Å². The second kappa shape index (κ2) is 9.82. The van der Waals surface area contributed by atoms with Gasteiger partial charge in [0.15, 0.2) is 11.5 Å². The first-order valence-electron chi connectivity index (χ1n) is 9.96. The van der Waals surface area contributed by atoms with Crippen molar-refractivity contribution in [1.82, 2.24) is 9.80 Å². The minimum Gasteiger partial charge on any atom is -0.490 e. The quantitative estimate of drug-likeness (QED) is 0.601. The van der Waals surface area contributed by atoms with Crippen molar-refractivity contribution >= 4 is 34.9 Å². The Balaban J connectivity index is 1.74. The summed E-state index contributed by atoms with van der Waals surface area (Å²) in [6.45, 7) is 6.17. The Kier molecular flexibility index (Phi) is 7.19. The van der Waals surface area contributed by atoms with E-state index >= 15 is 0 Å².